The summed E-state index contributed by atoms with van der Waals surface area (Å²) in [6.07, 6.45) is 3.41. The van der Waals surface area contributed by atoms with Crippen LogP contribution < -0.4 is 0 Å². The Morgan fingerprint density at radius 3 is 2.29 bits per heavy atom. The molecule has 0 aliphatic heterocycles. The maximum absolute atomic E-state index is 2.25. The summed E-state index contributed by atoms with van der Waals surface area (Å²) < 4.78 is 0. The Balaban J connectivity index is 2.83. The molecule has 0 heterocycles. The minimum atomic E-state index is 0.829. The summed E-state index contributed by atoms with van der Waals surface area (Å²) in [6, 6.07) is 0. The van der Waals surface area contributed by atoms with Crippen LogP contribution in [0.2, 0.25) is 0 Å². The van der Waals surface area contributed by atoms with Gasteiger partial charge < -0.3 is 0 Å². The topological polar surface area (TPSA) is 0 Å². The molecule has 0 saturated carbocycles. The molecule has 0 bridgehead atoms. The molecule has 0 amide bonds. The fraction of sp³-hybridized carbons (Fsp3) is 1.00. The van der Waals surface area contributed by atoms with Crippen molar-refractivity contribution in [3.8, 4) is 0 Å². The predicted octanol–water partition coefficient (Wildman–Crippen LogP) is 2.80. The van der Waals surface area contributed by atoms with Crippen molar-refractivity contribution in [2.75, 3.05) is 6.26 Å². The third-order valence-corrected chi connectivity index (χ3v) is 3.25. The van der Waals surface area contributed by atoms with Crippen LogP contribution in [0.1, 0.15) is 20.3 Å². The lowest BCUT2D eigenvalue weighted by molar-refractivity contribution is 0.912. The van der Waals surface area contributed by atoms with E-state index in [1.807, 2.05) is 21.6 Å². The van der Waals surface area contributed by atoms with Crippen LogP contribution in [-0.4, -0.2) is 11.5 Å². The van der Waals surface area contributed by atoms with Gasteiger partial charge in [0.25, 0.3) is 0 Å². The average molecular weight is 136 g/mol. The second-order valence-electron chi connectivity index (χ2n) is 1.48. The highest BCUT2D eigenvalue weighted by Gasteiger charge is 1.93. The van der Waals surface area contributed by atoms with Gasteiger partial charge in [-0.2, -0.15) is 0 Å². The minimum absolute atomic E-state index is 0.829. The first-order valence-electron chi connectivity index (χ1n) is 2.50. The van der Waals surface area contributed by atoms with Crippen molar-refractivity contribution in [2.45, 2.75) is 25.5 Å². The predicted molar refractivity (Wildman–Crippen MR) is 40.9 cm³/mol. The molecule has 0 aliphatic carbocycles. The molecule has 2 heteroatoms. The number of hydrogen-bond donors (Lipinski definition) is 0. The van der Waals surface area contributed by atoms with Crippen LogP contribution >= 0.6 is 21.6 Å². The Hall–Kier alpha value is 0.700. The van der Waals surface area contributed by atoms with Crippen molar-refractivity contribution in [2.24, 2.45) is 0 Å². The van der Waals surface area contributed by atoms with E-state index in [9.17, 15) is 0 Å². The second-order valence-corrected chi connectivity index (χ2v) is 4.39. The van der Waals surface area contributed by atoms with Gasteiger partial charge in [-0.25, -0.2) is 0 Å². The quantitative estimate of drug-likeness (QED) is 0.547. The van der Waals surface area contributed by atoms with E-state index >= 15 is 0 Å². The molecule has 0 unspecified atom stereocenters. The van der Waals surface area contributed by atoms with Crippen LogP contribution in [0.25, 0.3) is 0 Å². The van der Waals surface area contributed by atoms with Gasteiger partial charge in [-0.1, -0.05) is 35.4 Å². The zero-order valence-electron chi connectivity index (χ0n) is 5.10. The first-order chi connectivity index (χ1) is 3.31. The van der Waals surface area contributed by atoms with Gasteiger partial charge in [0.2, 0.25) is 0 Å². The molecule has 0 spiro atoms. The van der Waals surface area contributed by atoms with Crippen molar-refractivity contribution in [1.29, 1.82) is 0 Å². The third kappa shape index (κ3) is 4.56. The van der Waals surface area contributed by atoms with Crippen molar-refractivity contribution in [3.63, 3.8) is 0 Å². The van der Waals surface area contributed by atoms with Gasteiger partial charge >= 0.3 is 0 Å². The van der Waals surface area contributed by atoms with E-state index in [2.05, 4.69) is 20.1 Å². The Morgan fingerprint density at radius 2 is 2.14 bits per heavy atom. The Morgan fingerprint density at radius 1 is 1.57 bits per heavy atom. The van der Waals surface area contributed by atoms with Crippen LogP contribution in [0, 0.1) is 0 Å². The van der Waals surface area contributed by atoms with Gasteiger partial charge in [-0.05, 0) is 12.7 Å². The molecule has 0 aliphatic rings. The second kappa shape index (κ2) is 4.85. The summed E-state index contributed by atoms with van der Waals surface area (Å²) in [4.78, 5) is 0. The van der Waals surface area contributed by atoms with Crippen LogP contribution in [0.4, 0.5) is 0 Å². The summed E-state index contributed by atoms with van der Waals surface area (Å²) in [5, 5.41) is 0.829. The molecule has 0 radical (unpaired) electrons. The maximum atomic E-state index is 2.25. The fourth-order valence-electron chi connectivity index (χ4n) is 0.232. The zero-order valence-corrected chi connectivity index (χ0v) is 6.73. The molecule has 0 rings (SSSR count). The molecule has 0 saturated heterocycles. The lowest BCUT2D eigenvalue weighted by atomic mass is 10.4. The Kier molecular flexibility index (Phi) is 5.33. The average Bonchev–Trinajstić information content (AvgIpc) is 1.68. The molecule has 0 fully saturated rings. The van der Waals surface area contributed by atoms with E-state index in [-0.39, 0.29) is 0 Å². The van der Waals surface area contributed by atoms with Crippen molar-refractivity contribution in [1.82, 2.24) is 0 Å². The van der Waals surface area contributed by atoms with Crippen LogP contribution in [0.15, 0.2) is 0 Å². The van der Waals surface area contributed by atoms with Crippen LogP contribution in [0.5, 0.6) is 0 Å². The van der Waals surface area contributed by atoms with Gasteiger partial charge in [0.1, 0.15) is 0 Å². The highest BCUT2D eigenvalue weighted by Crippen LogP contribution is 2.24. The molecule has 7 heavy (non-hydrogen) atoms. The highest BCUT2D eigenvalue weighted by atomic mass is 33.1. The summed E-state index contributed by atoms with van der Waals surface area (Å²) in [6.45, 7) is 4.47. The molecular formula is C5H12S2. The van der Waals surface area contributed by atoms with Gasteiger partial charge in [-0.15, -0.1) is 0 Å². The zero-order chi connectivity index (χ0) is 5.70. The van der Waals surface area contributed by atoms with E-state index in [0.29, 0.717) is 0 Å². The minimum Gasteiger partial charge on any atom is -0.0973 e. The molecule has 1 atom stereocenters. The van der Waals surface area contributed by atoms with E-state index < -0.39 is 0 Å². The van der Waals surface area contributed by atoms with E-state index in [1.54, 1.807) is 0 Å². The van der Waals surface area contributed by atoms with E-state index in [0.717, 1.165) is 5.25 Å². The third-order valence-electron chi connectivity index (χ3n) is 0.835. The molecule has 0 aromatic rings. The summed E-state index contributed by atoms with van der Waals surface area (Å²) >= 11 is 0. The van der Waals surface area contributed by atoms with Crippen LogP contribution in [0.3, 0.4) is 0 Å². The lowest BCUT2D eigenvalue weighted by Gasteiger charge is -2.01. The Labute approximate surface area is 53.8 Å². The molecule has 0 aromatic heterocycles. The van der Waals surface area contributed by atoms with Gasteiger partial charge in [0, 0.05) is 5.25 Å². The van der Waals surface area contributed by atoms with Gasteiger partial charge in [0.05, 0.1) is 0 Å². The van der Waals surface area contributed by atoms with E-state index in [1.165, 1.54) is 6.42 Å². The molecular weight excluding hydrogens is 124 g/mol. The standard InChI is InChI=1S/C5H12S2/c1-4-5(2)7-6-3/h5H,4H2,1-3H3/t5-/m1/s1. The lowest BCUT2D eigenvalue weighted by Crippen LogP contribution is -1.86. The first kappa shape index (κ1) is 7.70. The summed E-state index contributed by atoms with van der Waals surface area (Å²) in [7, 11) is 3.80. The first-order valence-corrected chi connectivity index (χ1v) is 5.12. The largest absolute Gasteiger partial charge is 0.0973 e. The van der Waals surface area contributed by atoms with Crippen molar-refractivity contribution >= 4 is 21.6 Å². The fourth-order valence-corrected chi connectivity index (χ4v) is 2.09. The Bertz CT molecular complexity index is 37.1. The SMILES string of the molecule is CC[C@@H](C)SSC. The van der Waals surface area contributed by atoms with Gasteiger partial charge in [0.15, 0.2) is 0 Å². The number of rotatable bonds is 3. The van der Waals surface area contributed by atoms with Crippen molar-refractivity contribution in [3.05, 3.63) is 0 Å². The van der Waals surface area contributed by atoms with Crippen molar-refractivity contribution < 1.29 is 0 Å². The summed E-state index contributed by atoms with van der Waals surface area (Å²) in [5.74, 6) is 0. The monoisotopic (exact) mass is 136 g/mol. The highest BCUT2D eigenvalue weighted by molar-refractivity contribution is 8.76. The normalized spacial score (nSPS) is 14.1. The summed E-state index contributed by atoms with van der Waals surface area (Å²) in [5.41, 5.74) is 0. The van der Waals surface area contributed by atoms with Crippen LogP contribution in [-0.2, 0) is 0 Å². The van der Waals surface area contributed by atoms with E-state index in [4.69, 9.17) is 0 Å². The number of hydrogen-bond acceptors (Lipinski definition) is 2. The van der Waals surface area contributed by atoms with Gasteiger partial charge in [-0.3, -0.25) is 0 Å². The molecule has 0 aromatic carbocycles. The molecule has 44 valence electrons. The maximum Gasteiger partial charge on any atom is 0.0120 e. The smallest absolute Gasteiger partial charge is 0.0120 e. The molecule has 0 nitrogen and oxygen atoms in total. The molecule has 0 N–H and O–H groups in total.